The van der Waals surface area contributed by atoms with Crippen LogP contribution in [0.2, 0.25) is 0 Å². The molecule has 2 rings (SSSR count). The van der Waals surface area contributed by atoms with Crippen molar-refractivity contribution in [2.24, 2.45) is 0 Å². The molecule has 0 fully saturated rings. The molecular weight excluding hydrogens is 522 g/mol. The summed E-state index contributed by atoms with van der Waals surface area (Å²) in [6, 6.07) is 10.3. The topological polar surface area (TPSA) is 176 Å². The van der Waals surface area contributed by atoms with Crippen molar-refractivity contribution in [1.29, 1.82) is 0 Å². The monoisotopic (exact) mass is 550 g/mol. The van der Waals surface area contributed by atoms with Gasteiger partial charge in [-0.1, -0.05) is 0 Å². The first-order valence-electron chi connectivity index (χ1n) is 10.7. The summed E-state index contributed by atoms with van der Waals surface area (Å²) in [6.07, 6.45) is 0. The summed E-state index contributed by atoms with van der Waals surface area (Å²) in [5, 5.41) is 20.9. The average molecular weight is 550 g/mol. The van der Waals surface area contributed by atoms with Crippen molar-refractivity contribution in [2.75, 3.05) is 26.4 Å². The van der Waals surface area contributed by atoms with Gasteiger partial charge in [-0.15, -0.1) is 0 Å². The minimum absolute atomic E-state index is 0.0787. The normalized spacial score (nSPS) is 11.2. The lowest BCUT2D eigenvalue weighted by molar-refractivity contribution is -0.385. The molecule has 0 radical (unpaired) electrons. The molecular formula is C20H28N2O12P2. The van der Waals surface area contributed by atoms with Crippen LogP contribution in [0.5, 0.6) is 11.5 Å². The predicted molar refractivity (Wildman–Crippen MR) is 129 cm³/mol. The van der Waals surface area contributed by atoms with Gasteiger partial charge < -0.3 is 9.05 Å². The van der Waals surface area contributed by atoms with E-state index in [9.17, 15) is 29.4 Å². The Kier molecular flexibility index (Phi) is 13.2. The maximum absolute atomic E-state index is 12.0. The standard InChI is InChI=1S/2C10H14NO6P/c2*1-3-15-18(14,16-4-2)17-10-7-5-9(6-8-10)11(12)13/h2*5-8H,3-4H2,1-2H3. The van der Waals surface area contributed by atoms with Gasteiger partial charge in [0, 0.05) is 24.3 Å². The van der Waals surface area contributed by atoms with Crippen LogP contribution in [0.1, 0.15) is 27.7 Å². The lowest BCUT2D eigenvalue weighted by Crippen LogP contribution is -2.02. The van der Waals surface area contributed by atoms with Crippen LogP contribution < -0.4 is 9.05 Å². The van der Waals surface area contributed by atoms with Crippen molar-refractivity contribution >= 4 is 27.0 Å². The Hall–Kier alpha value is -2.86. The van der Waals surface area contributed by atoms with E-state index in [1.807, 2.05) is 0 Å². The van der Waals surface area contributed by atoms with Gasteiger partial charge in [-0.25, -0.2) is 9.13 Å². The molecule has 16 heteroatoms. The van der Waals surface area contributed by atoms with Gasteiger partial charge in [0.1, 0.15) is 11.5 Å². The first kappa shape index (κ1) is 31.2. The molecule has 0 bridgehead atoms. The molecule has 0 aliphatic heterocycles. The molecule has 200 valence electrons. The molecule has 0 aliphatic carbocycles. The van der Waals surface area contributed by atoms with Gasteiger partial charge in [-0.3, -0.25) is 38.3 Å². The SMILES string of the molecule is CCOP(=O)(OCC)Oc1ccc([N+](=O)[O-])cc1.CCOP(=O)(OCC)Oc1ccc([N+](=O)[O-])cc1. The number of nitrogens with zero attached hydrogens (tertiary/aromatic N) is 2. The van der Waals surface area contributed by atoms with E-state index >= 15 is 0 Å². The van der Waals surface area contributed by atoms with Gasteiger partial charge in [0.15, 0.2) is 0 Å². The van der Waals surface area contributed by atoms with Crippen molar-refractivity contribution in [3.63, 3.8) is 0 Å². The average Bonchev–Trinajstić information content (AvgIpc) is 2.80. The number of phosphoric ester groups is 2. The Morgan fingerprint density at radius 3 is 1.03 bits per heavy atom. The van der Waals surface area contributed by atoms with E-state index in [4.69, 9.17) is 27.1 Å². The van der Waals surface area contributed by atoms with Gasteiger partial charge in [0.05, 0.1) is 36.3 Å². The van der Waals surface area contributed by atoms with E-state index in [1.54, 1.807) is 27.7 Å². The number of hydrogen-bond donors (Lipinski definition) is 0. The minimum Gasteiger partial charge on any atom is -0.404 e. The van der Waals surface area contributed by atoms with E-state index in [1.165, 1.54) is 48.5 Å². The predicted octanol–water partition coefficient (Wildman–Crippen LogP) is 6.31. The summed E-state index contributed by atoms with van der Waals surface area (Å²) in [6.45, 7) is 7.31. The van der Waals surface area contributed by atoms with Crippen LogP contribution in [-0.2, 0) is 27.2 Å². The summed E-state index contributed by atoms with van der Waals surface area (Å²) in [7, 11) is -7.30. The molecule has 0 spiro atoms. The van der Waals surface area contributed by atoms with Gasteiger partial charge in [-0.05, 0) is 52.0 Å². The first-order chi connectivity index (χ1) is 17.0. The van der Waals surface area contributed by atoms with Crippen molar-refractivity contribution in [3.8, 4) is 11.5 Å². The van der Waals surface area contributed by atoms with Crippen LogP contribution in [0.25, 0.3) is 0 Å². The fraction of sp³-hybridized carbons (Fsp3) is 0.400. The first-order valence-corrected chi connectivity index (χ1v) is 13.6. The van der Waals surface area contributed by atoms with Crippen LogP contribution >= 0.6 is 15.6 Å². The molecule has 36 heavy (non-hydrogen) atoms. The van der Waals surface area contributed by atoms with Crippen LogP contribution in [0, 0.1) is 20.2 Å². The number of nitro groups is 2. The van der Waals surface area contributed by atoms with Crippen molar-refractivity contribution in [1.82, 2.24) is 0 Å². The molecule has 14 nitrogen and oxygen atoms in total. The third-order valence-electron chi connectivity index (χ3n) is 3.68. The third-order valence-corrected chi connectivity index (χ3v) is 6.84. The number of rotatable bonds is 14. The Balaban J connectivity index is 0.000000360. The fourth-order valence-electron chi connectivity index (χ4n) is 2.33. The summed E-state index contributed by atoms with van der Waals surface area (Å²) >= 11 is 0. The molecule has 0 aromatic heterocycles. The summed E-state index contributed by atoms with van der Waals surface area (Å²) < 4.78 is 53.9. The molecule has 2 aromatic rings. The van der Waals surface area contributed by atoms with Gasteiger partial charge >= 0.3 is 15.6 Å². The van der Waals surface area contributed by atoms with Crippen LogP contribution in [0.4, 0.5) is 11.4 Å². The zero-order valence-electron chi connectivity index (χ0n) is 20.1. The van der Waals surface area contributed by atoms with Crippen molar-refractivity contribution in [3.05, 3.63) is 68.8 Å². The number of hydrogen-bond acceptors (Lipinski definition) is 12. The zero-order valence-corrected chi connectivity index (χ0v) is 21.9. The van der Waals surface area contributed by atoms with E-state index in [-0.39, 0.29) is 49.3 Å². The Morgan fingerprint density at radius 2 is 0.833 bits per heavy atom. The molecule has 0 unspecified atom stereocenters. The van der Waals surface area contributed by atoms with E-state index in [0.717, 1.165) is 0 Å². The molecule has 0 saturated heterocycles. The maximum Gasteiger partial charge on any atom is 0.530 e. The number of nitro benzene ring substituents is 2. The highest BCUT2D eigenvalue weighted by molar-refractivity contribution is 7.49. The number of non-ortho nitro benzene ring substituents is 2. The number of benzene rings is 2. The van der Waals surface area contributed by atoms with Gasteiger partial charge in [0.25, 0.3) is 11.4 Å². The molecule has 0 heterocycles. The zero-order chi connectivity index (χ0) is 27.2. The smallest absolute Gasteiger partial charge is 0.404 e. The Bertz CT molecular complexity index is 958. The van der Waals surface area contributed by atoms with Gasteiger partial charge in [0.2, 0.25) is 0 Å². The minimum atomic E-state index is -3.65. The van der Waals surface area contributed by atoms with Crippen molar-refractivity contribution in [2.45, 2.75) is 27.7 Å². The summed E-state index contributed by atoms with van der Waals surface area (Å²) in [5.41, 5.74) is -0.157. The quantitative estimate of drug-likeness (QED) is 0.146. The second kappa shape index (κ2) is 15.3. The molecule has 2 aromatic carbocycles. The van der Waals surface area contributed by atoms with Crippen LogP contribution in [-0.4, -0.2) is 36.3 Å². The van der Waals surface area contributed by atoms with Crippen LogP contribution in [0.15, 0.2) is 48.5 Å². The molecule has 0 amide bonds. The van der Waals surface area contributed by atoms with Gasteiger partial charge in [-0.2, -0.15) is 0 Å². The van der Waals surface area contributed by atoms with Crippen LogP contribution in [0.3, 0.4) is 0 Å². The molecule has 0 atom stereocenters. The largest absolute Gasteiger partial charge is 0.530 e. The Morgan fingerprint density at radius 1 is 0.583 bits per heavy atom. The summed E-state index contributed by atoms with van der Waals surface area (Å²) in [5.74, 6) is 0.372. The highest BCUT2D eigenvalue weighted by atomic mass is 31.2. The van der Waals surface area contributed by atoms with E-state index in [2.05, 4.69) is 0 Å². The van der Waals surface area contributed by atoms with Crippen molar-refractivity contribution < 1.29 is 46.1 Å². The molecule has 0 N–H and O–H groups in total. The van der Waals surface area contributed by atoms with E-state index in [0.29, 0.717) is 0 Å². The molecule has 0 aliphatic rings. The lowest BCUT2D eigenvalue weighted by atomic mass is 10.3. The highest BCUT2D eigenvalue weighted by Gasteiger charge is 2.28. The van der Waals surface area contributed by atoms with E-state index < -0.39 is 25.5 Å². The lowest BCUT2D eigenvalue weighted by Gasteiger charge is -2.16. The second-order valence-electron chi connectivity index (χ2n) is 6.25. The second-order valence-corrected chi connectivity index (χ2v) is 9.44. The summed E-state index contributed by atoms with van der Waals surface area (Å²) in [4.78, 5) is 19.9. The molecule has 0 saturated carbocycles. The Labute approximate surface area is 208 Å². The third kappa shape index (κ3) is 10.8. The fourth-order valence-corrected chi connectivity index (χ4v) is 4.71. The highest BCUT2D eigenvalue weighted by Crippen LogP contribution is 2.50. The maximum atomic E-state index is 12.0. The number of phosphoric acid groups is 2.